The number of benzene rings is 1. The Morgan fingerprint density at radius 1 is 1.40 bits per heavy atom. The summed E-state index contributed by atoms with van der Waals surface area (Å²) in [6, 6.07) is 3.59. The van der Waals surface area contributed by atoms with Crippen molar-refractivity contribution in [2.24, 2.45) is 0 Å². The van der Waals surface area contributed by atoms with Crippen LogP contribution in [0.25, 0.3) is 0 Å². The molecule has 1 heterocycles. The van der Waals surface area contributed by atoms with Crippen LogP contribution < -0.4 is 5.32 Å². The molecular formula is C15H22F2N2O. The van der Waals surface area contributed by atoms with Gasteiger partial charge in [-0.1, -0.05) is 0 Å². The number of hydrogen-bond acceptors (Lipinski definition) is 3. The summed E-state index contributed by atoms with van der Waals surface area (Å²) in [6.45, 7) is 6.05. The van der Waals surface area contributed by atoms with E-state index in [1.54, 1.807) is 0 Å². The fourth-order valence-electron chi connectivity index (χ4n) is 2.82. The van der Waals surface area contributed by atoms with Gasteiger partial charge in [0.05, 0.1) is 18.8 Å². The van der Waals surface area contributed by atoms with Gasteiger partial charge in [-0.05, 0) is 39.1 Å². The van der Waals surface area contributed by atoms with Gasteiger partial charge >= 0.3 is 0 Å². The number of nitrogens with zero attached hydrogens (tertiary/aromatic N) is 1. The average Bonchev–Trinajstić information content (AvgIpc) is 2.42. The second-order valence-corrected chi connectivity index (χ2v) is 5.41. The van der Waals surface area contributed by atoms with E-state index in [4.69, 9.17) is 4.74 Å². The predicted octanol–water partition coefficient (Wildman–Crippen LogP) is 2.33. The van der Waals surface area contributed by atoms with Crippen LogP contribution >= 0.6 is 0 Å². The Labute approximate surface area is 118 Å². The Balaban J connectivity index is 2.40. The third-order valence-electron chi connectivity index (χ3n) is 3.74. The van der Waals surface area contributed by atoms with Gasteiger partial charge in [0.1, 0.15) is 11.6 Å². The van der Waals surface area contributed by atoms with E-state index in [1.807, 2.05) is 7.05 Å². The molecule has 2 unspecified atom stereocenters. The maximum atomic E-state index is 14.1. The van der Waals surface area contributed by atoms with E-state index in [9.17, 15) is 8.78 Å². The molecule has 0 radical (unpaired) electrons. The van der Waals surface area contributed by atoms with Crippen molar-refractivity contribution in [1.82, 2.24) is 10.2 Å². The molecule has 2 atom stereocenters. The number of nitrogens with one attached hydrogen (secondary N) is 1. The largest absolute Gasteiger partial charge is 0.374 e. The summed E-state index contributed by atoms with van der Waals surface area (Å²) in [7, 11) is 1.83. The highest BCUT2D eigenvalue weighted by atomic mass is 19.1. The molecule has 1 aromatic carbocycles. The number of ether oxygens (including phenoxy) is 1. The third-order valence-corrected chi connectivity index (χ3v) is 3.74. The summed E-state index contributed by atoms with van der Waals surface area (Å²) in [5, 5.41) is 3.06. The number of hydrogen-bond donors (Lipinski definition) is 1. The SMILES string of the molecule is CNCC1OCCN(C(C)C)C1c1cc(F)ccc1F. The molecular weight excluding hydrogens is 262 g/mol. The molecule has 0 spiro atoms. The first-order chi connectivity index (χ1) is 9.54. The summed E-state index contributed by atoms with van der Waals surface area (Å²) in [4.78, 5) is 2.17. The van der Waals surface area contributed by atoms with Crippen LogP contribution in [0.5, 0.6) is 0 Å². The summed E-state index contributed by atoms with van der Waals surface area (Å²) in [5.74, 6) is -0.799. The Bertz CT molecular complexity index is 451. The highest BCUT2D eigenvalue weighted by Crippen LogP contribution is 2.33. The number of likely N-dealkylation sites (N-methyl/N-ethyl adjacent to an activating group) is 1. The average molecular weight is 284 g/mol. The van der Waals surface area contributed by atoms with Gasteiger partial charge in [-0.2, -0.15) is 0 Å². The fraction of sp³-hybridized carbons (Fsp3) is 0.600. The fourth-order valence-corrected chi connectivity index (χ4v) is 2.82. The zero-order valence-corrected chi connectivity index (χ0v) is 12.2. The number of rotatable bonds is 4. The van der Waals surface area contributed by atoms with Crippen molar-refractivity contribution in [3.8, 4) is 0 Å². The lowest BCUT2D eigenvalue weighted by Crippen LogP contribution is -2.51. The molecule has 1 saturated heterocycles. The second kappa shape index (κ2) is 6.61. The molecule has 20 heavy (non-hydrogen) atoms. The summed E-state index contributed by atoms with van der Waals surface area (Å²) < 4.78 is 33.4. The summed E-state index contributed by atoms with van der Waals surface area (Å²) in [5.41, 5.74) is 0.374. The van der Waals surface area contributed by atoms with Gasteiger partial charge in [0.25, 0.3) is 0 Å². The normalized spacial score (nSPS) is 24.3. The van der Waals surface area contributed by atoms with E-state index in [1.165, 1.54) is 12.1 Å². The van der Waals surface area contributed by atoms with Crippen LogP contribution in [0, 0.1) is 11.6 Å². The second-order valence-electron chi connectivity index (χ2n) is 5.41. The van der Waals surface area contributed by atoms with Crippen molar-refractivity contribution >= 4 is 0 Å². The lowest BCUT2D eigenvalue weighted by molar-refractivity contribution is -0.0825. The molecule has 1 aromatic rings. The van der Waals surface area contributed by atoms with Crippen molar-refractivity contribution in [3.63, 3.8) is 0 Å². The molecule has 5 heteroatoms. The van der Waals surface area contributed by atoms with Crippen molar-refractivity contribution in [2.75, 3.05) is 26.7 Å². The minimum Gasteiger partial charge on any atom is -0.374 e. The van der Waals surface area contributed by atoms with Crippen molar-refractivity contribution in [3.05, 3.63) is 35.4 Å². The van der Waals surface area contributed by atoms with Crippen LogP contribution in [0.4, 0.5) is 8.78 Å². The van der Waals surface area contributed by atoms with Crippen LogP contribution in [0.2, 0.25) is 0 Å². The molecule has 0 bridgehead atoms. The highest BCUT2D eigenvalue weighted by Gasteiger charge is 2.36. The lowest BCUT2D eigenvalue weighted by atomic mass is 9.96. The molecule has 1 aliphatic rings. The van der Waals surface area contributed by atoms with Gasteiger partial charge < -0.3 is 10.1 Å². The van der Waals surface area contributed by atoms with Crippen molar-refractivity contribution in [1.29, 1.82) is 0 Å². The van der Waals surface area contributed by atoms with E-state index in [0.29, 0.717) is 18.7 Å². The third kappa shape index (κ3) is 3.16. The molecule has 1 fully saturated rings. The molecule has 3 nitrogen and oxygen atoms in total. The topological polar surface area (TPSA) is 24.5 Å². The van der Waals surface area contributed by atoms with Gasteiger partial charge in [0.15, 0.2) is 0 Å². The van der Waals surface area contributed by atoms with Crippen molar-refractivity contribution < 1.29 is 13.5 Å². The highest BCUT2D eigenvalue weighted by molar-refractivity contribution is 5.24. The maximum Gasteiger partial charge on any atom is 0.128 e. The minimum atomic E-state index is -0.418. The number of morpholine rings is 1. The zero-order valence-electron chi connectivity index (χ0n) is 12.2. The van der Waals surface area contributed by atoms with Crippen LogP contribution in [0.3, 0.4) is 0 Å². The Morgan fingerprint density at radius 3 is 2.80 bits per heavy atom. The molecule has 0 amide bonds. The van der Waals surface area contributed by atoms with E-state index in [0.717, 1.165) is 12.6 Å². The van der Waals surface area contributed by atoms with Crippen molar-refractivity contribution in [2.45, 2.75) is 32.0 Å². The molecule has 1 N–H and O–H groups in total. The van der Waals surface area contributed by atoms with Crippen LogP contribution in [-0.2, 0) is 4.74 Å². The summed E-state index contributed by atoms with van der Waals surface area (Å²) >= 11 is 0. The van der Waals surface area contributed by atoms with E-state index >= 15 is 0 Å². The maximum absolute atomic E-state index is 14.1. The number of halogens is 2. The quantitative estimate of drug-likeness (QED) is 0.918. The smallest absolute Gasteiger partial charge is 0.128 e. The first-order valence-electron chi connectivity index (χ1n) is 7.01. The van der Waals surface area contributed by atoms with E-state index in [-0.39, 0.29) is 24.0 Å². The van der Waals surface area contributed by atoms with Gasteiger partial charge in [0.2, 0.25) is 0 Å². The van der Waals surface area contributed by atoms with Gasteiger partial charge in [-0.25, -0.2) is 8.78 Å². The van der Waals surface area contributed by atoms with Crippen LogP contribution in [-0.4, -0.2) is 43.8 Å². The molecule has 0 saturated carbocycles. The van der Waals surface area contributed by atoms with Gasteiger partial charge in [-0.15, -0.1) is 0 Å². The zero-order chi connectivity index (χ0) is 14.7. The van der Waals surface area contributed by atoms with Gasteiger partial charge in [0, 0.05) is 24.7 Å². The molecule has 1 aliphatic heterocycles. The standard InChI is InChI=1S/C15H22F2N2O/c1-10(2)19-6-7-20-14(9-18-3)15(19)12-8-11(16)4-5-13(12)17/h4-5,8,10,14-15,18H,6-7,9H2,1-3H3. The van der Waals surface area contributed by atoms with Crippen LogP contribution in [0.1, 0.15) is 25.5 Å². The summed E-state index contributed by atoms with van der Waals surface area (Å²) in [6.07, 6.45) is -0.188. The monoisotopic (exact) mass is 284 g/mol. The Hall–Kier alpha value is -1.04. The lowest BCUT2D eigenvalue weighted by Gasteiger charge is -2.43. The van der Waals surface area contributed by atoms with E-state index in [2.05, 4.69) is 24.1 Å². The van der Waals surface area contributed by atoms with Gasteiger partial charge in [-0.3, -0.25) is 4.90 Å². The Kier molecular flexibility index (Phi) is 5.07. The molecule has 0 aliphatic carbocycles. The molecule has 112 valence electrons. The van der Waals surface area contributed by atoms with E-state index < -0.39 is 5.82 Å². The van der Waals surface area contributed by atoms with Crippen LogP contribution in [0.15, 0.2) is 18.2 Å². The first-order valence-corrected chi connectivity index (χ1v) is 7.01. The first kappa shape index (κ1) is 15.4. The molecule has 2 rings (SSSR count). The minimum absolute atomic E-state index is 0.188. The molecule has 0 aromatic heterocycles. The predicted molar refractivity (Wildman–Crippen MR) is 74.6 cm³/mol. The Morgan fingerprint density at radius 2 is 2.15 bits per heavy atom.